The Morgan fingerprint density at radius 3 is 2.42 bits per heavy atom. The molecule has 0 aliphatic carbocycles. The third-order valence-electron chi connectivity index (χ3n) is 3.61. The highest BCUT2D eigenvalue weighted by Crippen LogP contribution is 2.25. The number of hydrogen-bond acceptors (Lipinski definition) is 0. The molecule has 0 saturated carbocycles. The first-order valence-corrected chi connectivity index (χ1v) is 8.10. The van der Waals surface area contributed by atoms with Crippen LogP contribution in [0.1, 0.15) is 76.8 Å². The lowest BCUT2D eigenvalue weighted by Crippen LogP contribution is -1.95. The molecule has 0 nitrogen and oxygen atoms in total. The Morgan fingerprint density at radius 2 is 1.74 bits per heavy atom. The van der Waals surface area contributed by atoms with Crippen LogP contribution in [0.2, 0.25) is 0 Å². The van der Waals surface area contributed by atoms with E-state index in [1.807, 2.05) is 0 Å². The van der Waals surface area contributed by atoms with Crippen LogP contribution in [0.5, 0.6) is 0 Å². The third kappa shape index (κ3) is 5.63. The van der Waals surface area contributed by atoms with Gasteiger partial charge >= 0.3 is 0 Å². The second-order valence-corrected chi connectivity index (χ2v) is 5.38. The maximum Gasteiger partial charge on any atom is -0.0196 e. The largest absolute Gasteiger partial charge is 0.0807 e. The van der Waals surface area contributed by atoms with E-state index in [0.29, 0.717) is 0 Å². The molecule has 0 N–H and O–H groups in total. The standard InChI is InChI=1S/C19H30/c1-4-7-9-14-18-15-10-11-16-19(18)17(12-6-3)13-8-5-2/h10-11,13,15-16H,4-9,12,14H2,1-3H3/b17-13+. The summed E-state index contributed by atoms with van der Waals surface area (Å²) < 4.78 is 0. The first kappa shape index (κ1) is 16.0. The SMILES string of the molecule is CCC/C=C(\CCC)c1ccccc1CCCCC. The molecule has 19 heavy (non-hydrogen) atoms. The summed E-state index contributed by atoms with van der Waals surface area (Å²) in [5, 5.41) is 0. The fourth-order valence-electron chi connectivity index (χ4n) is 2.55. The molecule has 0 heteroatoms. The van der Waals surface area contributed by atoms with Crippen LogP contribution in [0.3, 0.4) is 0 Å². The van der Waals surface area contributed by atoms with Crippen molar-refractivity contribution in [3.63, 3.8) is 0 Å². The van der Waals surface area contributed by atoms with Gasteiger partial charge in [-0.2, -0.15) is 0 Å². The zero-order chi connectivity index (χ0) is 13.9. The molecule has 106 valence electrons. The number of aryl methyl sites for hydroxylation is 1. The second-order valence-electron chi connectivity index (χ2n) is 5.38. The molecule has 0 unspecified atom stereocenters. The maximum absolute atomic E-state index is 2.46. The van der Waals surface area contributed by atoms with Crippen LogP contribution in [0.4, 0.5) is 0 Å². The third-order valence-corrected chi connectivity index (χ3v) is 3.61. The Morgan fingerprint density at radius 1 is 0.947 bits per heavy atom. The Bertz CT molecular complexity index is 373. The maximum atomic E-state index is 2.46. The van der Waals surface area contributed by atoms with Gasteiger partial charge in [0.15, 0.2) is 0 Å². The van der Waals surface area contributed by atoms with Gasteiger partial charge in [0.2, 0.25) is 0 Å². The lowest BCUT2D eigenvalue weighted by atomic mass is 9.92. The van der Waals surface area contributed by atoms with Crippen molar-refractivity contribution in [2.45, 2.75) is 72.1 Å². The van der Waals surface area contributed by atoms with Gasteiger partial charge in [0.05, 0.1) is 0 Å². The van der Waals surface area contributed by atoms with Crippen LogP contribution in [0, 0.1) is 0 Å². The Labute approximate surface area is 119 Å². The summed E-state index contributed by atoms with van der Waals surface area (Å²) in [6, 6.07) is 9.02. The van der Waals surface area contributed by atoms with Crippen LogP contribution in [0.25, 0.3) is 5.57 Å². The molecular formula is C19H30. The summed E-state index contributed by atoms with van der Waals surface area (Å²) in [5.41, 5.74) is 4.62. The first-order valence-electron chi connectivity index (χ1n) is 8.10. The highest BCUT2D eigenvalue weighted by Gasteiger charge is 2.06. The van der Waals surface area contributed by atoms with E-state index < -0.39 is 0 Å². The zero-order valence-corrected chi connectivity index (χ0v) is 13.0. The van der Waals surface area contributed by atoms with Gasteiger partial charge in [0.25, 0.3) is 0 Å². The topological polar surface area (TPSA) is 0 Å². The van der Waals surface area contributed by atoms with E-state index in [1.54, 1.807) is 11.1 Å². The van der Waals surface area contributed by atoms with Crippen molar-refractivity contribution in [2.24, 2.45) is 0 Å². The molecule has 0 saturated heterocycles. The smallest absolute Gasteiger partial charge is 0.0196 e. The van der Waals surface area contributed by atoms with E-state index in [4.69, 9.17) is 0 Å². The molecule has 0 heterocycles. The van der Waals surface area contributed by atoms with Crippen molar-refractivity contribution < 1.29 is 0 Å². The first-order chi connectivity index (χ1) is 9.33. The van der Waals surface area contributed by atoms with Crippen molar-refractivity contribution in [3.8, 4) is 0 Å². The van der Waals surface area contributed by atoms with E-state index >= 15 is 0 Å². The van der Waals surface area contributed by atoms with E-state index in [-0.39, 0.29) is 0 Å². The molecule has 0 bridgehead atoms. The molecule has 1 rings (SSSR count). The summed E-state index contributed by atoms with van der Waals surface area (Å²) in [6.45, 7) is 6.81. The predicted molar refractivity (Wildman–Crippen MR) is 87.5 cm³/mol. The summed E-state index contributed by atoms with van der Waals surface area (Å²) in [6.07, 6.45) is 12.6. The minimum atomic E-state index is 1.21. The van der Waals surface area contributed by atoms with Gasteiger partial charge in [-0.05, 0) is 42.4 Å². The molecule has 0 spiro atoms. The highest BCUT2D eigenvalue weighted by atomic mass is 14.1. The lowest BCUT2D eigenvalue weighted by Gasteiger charge is -2.13. The van der Waals surface area contributed by atoms with E-state index in [9.17, 15) is 0 Å². The van der Waals surface area contributed by atoms with Crippen LogP contribution in [0.15, 0.2) is 30.3 Å². The van der Waals surface area contributed by atoms with Crippen LogP contribution < -0.4 is 0 Å². The summed E-state index contributed by atoms with van der Waals surface area (Å²) >= 11 is 0. The predicted octanol–water partition coefficient (Wildman–Crippen LogP) is 6.40. The molecule has 1 aromatic rings. The molecular weight excluding hydrogens is 228 g/mol. The van der Waals surface area contributed by atoms with Crippen molar-refractivity contribution in [1.29, 1.82) is 0 Å². The minimum absolute atomic E-state index is 1.21. The van der Waals surface area contributed by atoms with Crippen LogP contribution >= 0.6 is 0 Å². The number of allylic oxidation sites excluding steroid dienone is 2. The second kappa shape index (κ2) is 9.83. The average Bonchev–Trinajstić information content (AvgIpc) is 2.44. The molecule has 0 aliphatic heterocycles. The van der Waals surface area contributed by atoms with Crippen molar-refractivity contribution in [3.05, 3.63) is 41.5 Å². The van der Waals surface area contributed by atoms with Gasteiger partial charge in [-0.1, -0.05) is 76.8 Å². The van der Waals surface area contributed by atoms with Crippen molar-refractivity contribution in [1.82, 2.24) is 0 Å². The fraction of sp³-hybridized carbons (Fsp3) is 0.579. The number of unbranched alkanes of at least 4 members (excludes halogenated alkanes) is 3. The van der Waals surface area contributed by atoms with E-state index in [2.05, 4.69) is 51.1 Å². The van der Waals surface area contributed by atoms with Gasteiger partial charge in [-0.15, -0.1) is 0 Å². The zero-order valence-electron chi connectivity index (χ0n) is 13.0. The normalized spacial score (nSPS) is 11.8. The van der Waals surface area contributed by atoms with E-state index in [0.717, 1.165) is 0 Å². The molecule has 0 aliphatic rings. The summed E-state index contributed by atoms with van der Waals surface area (Å²) in [4.78, 5) is 0. The molecule has 0 radical (unpaired) electrons. The van der Waals surface area contributed by atoms with Crippen molar-refractivity contribution in [2.75, 3.05) is 0 Å². The molecule has 0 amide bonds. The Hall–Kier alpha value is -1.04. The average molecular weight is 258 g/mol. The Balaban J connectivity index is 2.88. The van der Waals surface area contributed by atoms with Gasteiger partial charge in [-0.3, -0.25) is 0 Å². The van der Waals surface area contributed by atoms with E-state index in [1.165, 1.54) is 56.9 Å². The molecule has 0 fully saturated rings. The summed E-state index contributed by atoms with van der Waals surface area (Å²) in [7, 11) is 0. The monoisotopic (exact) mass is 258 g/mol. The number of benzene rings is 1. The lowest BCUT2D eigenvalue weighted by molar-refractivity contribution is 0.716. The quantitative estimate of drug-likeness (QED) is 0.449. The molecule has 0 atom stereocenters. The van der Waals surface area contributed by atoms with Gasteiger partial charge in [-0.25, -0.2) is 0 Å². The fourth-order valence-corrected chi connectivity index (χ4v) is 2.55. The Kier molecular flexibility index (Phi) is 8.29. The summed E-state index contributed by atoms with van der Waals surface area (Å²) in [5.74, 6) is 0. The van der Waals surface area contributed by atoms with Gasteiger partial charge in [0, 0.05) is 0 Å². The number of hydrogen-bond donors (Lipinski definition) is 0. The van der Waals surface area contributed by atoms with Gasteiger partial charge in [0.1, 0.15) is 0 Å². The van der Waals surface area contributed by atoms with Crippen LogP contribution in [-0.2, 0) is 6.42 Å². The van der Waals surface area contributed by atoms with Crippen LogP contribution in [-0.4, -0.2) is 0 Å². The van der Waals surface area contributed by atoms with Crippen molar-refractivity contribution >= 4 is 5.57 Å². The molecule has 1 aromatic carbocycles. The number of rotatable bonds is 9. The highest BCUT2D eigenvalue weighted by molar-refractivity contribution is 5.68. The van der Waals surface area contributed by atoms with Gasteiger partial charge < -0.3 is 0 Å². The molecule has 0 aromatic heterocycles. The minimum Gasteiger partial charge on any atom is -0.0807 e.